The SMILES string of the molecule is O=C(C1CCCn2c(-c3ccnc(Oc4ccccc4)n3)c(-c3ccc(F)cc3)c(=O)n21)N1CCNCC1. The predicted octanol–water partition coefficient (Wildman–Crippen LogP) is 3.47. The number of para-hydroxylation sites is 1. The highest BCUT2D eigenvalue weighted by Crippen LogP contribution is 2.35. The molecule has 4 aromatic rings. The van der Waals surface area contributed by atoms with E-state index in [9.17, 15) is 14.0 Å². The summed E-state index contributed by atoms with van der Waals surface area (Å²) in [4.78, 5) is 38.4. The van der Waals surface area contributed by atoms with Crippen LogP contribution < -0.4 is 15.6 Å². The molecule has 1 N–H and O–H groups in total. The lowest BCUT2D eigenvalue weighted by Crippen LogP contribution is -2.50. The topological polar surface area (TPSA) is 94.3 Å². The molecule has 2 aromatic carbocycles. The monoisotopic (exact) mass is 514 g/mol. The molecule has 1 saturated heterocycles. The van der Waals surface area contributed by atoms with E-state index >= 15 is 0 Å². The third kappa shape index (κ3) is 4.47. The summed E-state index contributed by atoms with van der Waals surface area (Å²) in [6.07, 6.45) is 2.88. The van der Waals surface area contributed by atoms with Gasteiger partial charge in [-0.15, -0.1) is 0 Å². The molecule has 1 atom stereocenters. The molecular formula is C28H27FN6O3. The number of piperazine rings is 1. The minimum atomic E-state index is -0.621. The number of benzene rings is 2. The van der Waals surface area contributed by atoms with Crippen LogP contribution in [0.25, 0.3) is 22.5 Å². The van der Waals surface area contributed by atoms with Crippen LogP contribution in [0.5, 0.6) is 11.8 Å². The number of fused-ring (bicyclic) bond motifs is 1. The minimum Gasteiger partial charge on any atom is -0.424 e. The van der Waals surface area contributed by atoms with E-state index in [0.717, 1.165) is 19.5 Å². The van der Waals surface area contributed by atoms with E-state index in [1.54, 1.807) is 41.2 Å². The Balaban J connectivity index is 1.49. The number of nitrogens with zero attached hydrogens (tertiary/aromatic N) is 5. The average Bonchev–Trinajstić information content (AvgIpc) is 3.26. The molecule has 194 valence electrons. The number of hydrogen-bond donors (Lipinski definition) is 1. The summed E-state index contributed by atoms with van der Waals surface area (Å²) >= 11 is 0. The fraction of sp³-hybridized carbons (Fsp3) is 0.286. The summed E-state index contributed by atoms with van der Waals surface area (Å²) < 4.78 is 23.1. The van der Waals surface area contributed by atoms with Crippen molar-refractivity contribution in [2.75, 3.05) is 26.2 Å². The van der Waals surface area contributed by atoms with E-state index in [4.69, 9.17) is 4.74 Å². The van der Waals surface area contributed by atoms with Crippen LogP contribution in [0, 0.1) is 5.82 Å². The Hall–Kier alpha value is -4.31. The molecule has 0 radical (unpaired) electrons. The van der Waals surface area contributed by atoms with E-state index in [1.807, 2.05) is 27.8 Å². The first-order valence-electron chi connectivity index (χ1n) is 12.8. The molecule has 6 rings (SSSR count). The lowest BCUT2D eigenvalue weighted by atomic mass is 10.0. The maximum Gasteiger partial charge on any atom is 0.322 e. The van der Waals surface area contributed by atoms with E-state index in [-0.39, 0.29) is 17.5 Å². The Kier molecular flexibility index (Phi) is 6.47. The van der Waals surface area contributed by atoms with Gasteiger partial charge in [-0.25, -0.2) is 14.1 Å². The first kappa shape index (κ1) is 24.1. The second-order valence-corrected chi connectivity index (χ2v) is 9.38. The van der Waals surface area contributed by atoms with Gasteiger partial charge in [0.05, 0.1) is 17.0 Å². The predicted molar refractivity (Wildman–Crippen MR) is 139 cm³/mol. The first-order chi connectivity index (χ1) is 18.6. The van der Waals surface area contributed by atoms with Gasteiger partial charge < -0.3 is 15.0 Å². The fourth-order valence-corrected chi connectivity index (χ4v) is 5.23. The molecular weight excluding hydrogens is 487 g/mol. The molecule has 1 amide bonds. The van der Waals surface area contributed by atoms with Gasteiger partial charge in [0.15, 0.2) is 0 Å². The van der Waals surface area contributed by atoms with Gasteiger partial charge in [-0.3, -0.25) is 14.3 Å². The molecule has 1 unspecified atom stereocenters. The van der Waals surface area contributed by atoms with Gasteiger partial charge in [0.2, 0.25) is 5.91 Å². The molecule has 4 heterocycles. The van der Waals surface area contributed by atoms with Gasteiger partial charge in [-0.05, 0) is 48.7 Å². The summed E-state index contributed by atoms with van der Waals surface area (Å²) in [6, 6.07) is 16.2. The van der Waals surface area contributed by atoms with Crippen LogP contribution in [0.1, 0.15) is 18.9 Å². The van der Waals surface area contributed by atoms with Crippen molar-refractivity contribution in [2.45, 2.75) is 25.4 Å². The zero-order valence-electron chi connectivity index (χ0n) is 20.7. The van der Waals surface area contributed by atoms with Crippen LogP contribution in [0.15, 0.2) is 71.7 Å². The second kappa shape index (κ2) is 10.2. The van der Waals surface area contributed by atoms with E-state index in [0.29, 0.717) is 54.3 Å². The quantitative estimate of drug-likeness (QED) is 0.438. The zero-order chi connectivity index (χ0) is 26.1. The second-order valence-electron chi connectivity index (χ2n) is 9.38. The number of rotatable bonds is 5. The van der Waals surface area contributed by atoms with E-state index in [1.165, 1.54) is 12.1 Å². The summed E-state index contributed by atoms with van der Waals surface area (Å²) in [5, 5.41) is 3.26. The molecule has 38 heavy (non-hydrogen) atoms. The lowest BCUT2D eigenvalue weighted by molar-refractivity contribution is -0.136. The van der Waals surface area contributed by atoms with Crippen molar-refractivity contribution in [1.29, 1.82) is 0 Å². The first-order valence-corrected chi connectivity index (χ1v) is 12.8. The lowest BCUT2D eigenvalue weighted by Gasteiger charge is -2.34. The van der Waals surface area contributed by atoms with Gasteiger partial charge in [-0.1, -0.05) is 30.3 Å². The Morgan fingerprint density at radius 3 is 2.53 bits per heavy atom. The molecule has 0 spiro atoms. The summed E-state index contributed by atoms with van der Waals surface area (Å²) in [5.74, 6) is 0.132. The summed E-state index contributed by atoms with van der Waals surface area (Å²) in [7, 11) is 0. The smallest absolute Gasteiger partial charge is 0.322 e. The number of ether oxygens (including phenoxy) is 1. The van der Waals surface area contributed by atoms with Crippen LogP contribution in [0.2, 0.25) is 0 Å². The molecule has 2 aliphatic rings. The third-order valence-corrected chi connectivity index (χ3v) is 6.99. The molecule has 0 aliphatic carbocycles. The highest BCUT2D eigenvalue weighted by Gasteiger charge is 2.36. The minimum absolute atomic E-state index is 0.0555. The Labute approximate surface area is 218 Å². The van der Waals surface area contributed by atoms with Crippen molar-refractivity contribution in [3.63, 3.8) is 0 Å². The van der Waals surface area contributed by atoms with Crippen LogP contribution in [-0.2, 0) is 11.3 Å². The molecule has 0 bridgehead atoms. The Morgan fingerprint density at radius 2 is 1.76 bits per heavy atom. The normalized spacial score (nSPS) is 17.2. The van der Waals surface area contributed by atoms with E-state index in [2.05, 4.69) is 15.3 Å². The van der Waals surface area contributed by atoms with Crippen molar-refractivity contribution >= 4 is 5.91 Å². The molecule has 9 nitrogen and oxygen atoms in total. The van der Waals surface area contributed by atoms with Gasteiger partial charge in [0.1, 0.15) is 17.6 Å². The summed E-state index contributed by atoms with van der Waals surface area (Å²) in [5.41, 5.74) is 1.66. The van der Waals surface area contributed by atoms with Crippen molar-refractivity contribution < 1.29 is 13.9 Å². The van der Waals surface area contributed by atoms with Gasteiger partial charge in [-0.2, -0.15) is 4.98 Å². The Bertz CT molecular complexity index is 1510. The Morgan fingerprint density at radius 1 is 1.00 bits per heavy atom. The van der Waals surface area contributed by atoms with Crippen molar-refractivity contribution in [2.24, 2.45) is 0 Å². The van der Waals surface area contributed by atoms with Crippen LogP contribution in [0.3, 0.4) is 0 Å². The van der Waals surface area contributed by atoms with Gasteiger partial charge in [0, 0.05) is 38.9 Å². The maximum atomic E-state index is 14.1. The van der Waals surface area contributed by atoms with Crippen LogP contribution in [0.4, 0.5) is 4.39 Å². The standard InChI is InChI=1S/C28H27FN6O3/c29-20-10-8-19(9-11-20)24-25(22-12-13-31-28(32-22)38-21-5-2-1-3-6-21)34-16-4-7-23(35(34)27(24)37)26(36)33-17-14-30-15-18-33/h1-3,5-6,8-13,23,30H,4,7,14-18H2. The highest BCUT2D eigenvalue weighted by molar-refractivity contribution is 5.83. The van der Waals surface area contributed by atoms with E-state index < -0.39 is 11.9 Å². The molecule has 1 fully saturated rings. The third-order valence-electron chi connectivity index (χ3n) is 6.99. The number of nitrogens with one attached hydrogen (secondary N) is 1. The number of carbonyl (C=O) groups is 1. The number of amides is 1. The van der Waals surface area contributed by atoms with Crippen molar-refractivity contribution in [3.8, 4) is 34.3 Å². The van der Waals surface area contributed by atoms with Gasteiger partial charge >= 0.3 is 6.01 Å². The van der Waals surface area contributed by atoms with Crippen molar-refractivity contribution in [1.82, 2.24) is 29.5 Å². The van der Waals surface area contributed by atoms with Crippen LogP contribution in [-0.4, -0.2) is 56.3 Å². The van der Waals surface area contributed by atoms with Crippen LogP contribution >= 0.6 is 0 Å². The zero-order valence-corrected chi connectivity index (χ0v) is 20.7. The molecule has 2 aromatic heterocycles. The number of aromatic nitrogens is 4. The number of halogens is 1. The number of hydrogen-bond acceptors (Lipinski definition) is 6. The highest BCUT2D eigenvalue weighted by atomic mass is 19.1. The fourth-order valence-electron chi connectivity index (χ4n) is 5.23. The maximum absolute atomic E-state index is 14.1. The molecule has 2 aliphatic heterocycles. The summed E-state index contributed by atoms with van der Waals surface area (Å²) in [6.45, 7) is 3.20. The largest absolute Gasteiger partial charge is 0.424 e. The molecule has 10 heteroatoms. The average molecular weight is 515 g/mol. The number of carbonyl (C=O) groups excluding carboxylic acids is 1. The molecule has 0 saturated carbocycles. The van der Waals surface area contributed by atoms with Gasteiger partial charge in [0.25, 0.3) is 5.56 Å². The van der Waals surface area contributed by atoms with Crippen molar-refractivity contribution in [3.05, 3.63) is 83.0 Å².